The molecule has 0 saturated carbocycles. The van der Waals surface area contributed by atoms with Gasteiger partial charge in [0.05, 0.1) is 0 Å². The van der Waals surface area contributed by atoms with Crippen molar-refractivity contribution >= 4 is 12.3 Å². The van der Waals surface area contributed by atoms with Gasteiger partial charge in [-0.25, -0.2) is 9.59 Å². The Morgan fingerprint density at radius 2 is 0.875 bits per heavy atom. The summed E-state index contributed by atoms with van der Waals surface area (Å²) in [6, 6.07) is 0. The third-order valence-corrected chi connectivity index (χ3v) is 3.49. The Bertz CT molecular complexity index is 222. The predicted molar refractivity (Wildman–Crippen MR) is 99.3 cm³/mol. The van der Waals surface area contributed by atoms with E-state index in [4.69, 9.17) is 30.0 Å². The van der Waals surface area contributed by atoms with Crippen molar-refractivity contribution in [1.82, 2.24) is 0 Å². The first-order chi connectivity index (χ1) is 11.1. The molecule has 24 heavy (non-hydrogen) atoms. The van der Waals surface area contributed by atoms with Crippen molar-refractivity contribution in [2.24, 2.45) is 11.8 Å². The van der Waals surface area contributed by atoms with E-state index < -0.39 is 12.3 Å². The van der Waals surface area contributed by atoms with Gasteiger partial charge < -0.3 is 20.4 Å². The zero-order chi connectivity index (χ0) is 20.0. The zero-order valence-electron chi connectivity index (χ0n) is 16.4. The van der Waals surface area contributed by atoms with E-state index in [0.717, 1.165) is 11.8 Å². The molecule has 0 aliphatic carbocycles. The van der Waals surface area contributed by atoms with Crippen molar-refractivity contribution in [1.29, 1.82) is 0 Å². The fraction of sp³-hybridized carbons (Fsp3) is 0.889. The van der Waals surface area contributed by atoms with Gasteiger partial charge in [0.15, 0.2) is 0 Å². The number of carboxylic acid groups (broad SMARTS) is 4. The van der Waals surface area contributed by atoms with Crippen LogP contribution >= 0.6 is 0 Å². The Morgan fingerprint density at radius 3 is 1.00 bits per heavy atom. The van der Waals surface area contributed by atoms with Gasteiger partial charge in [-0.15, -0.1) is 0 Å². The van der Waals surface area contributed by atoms with Crippen LogP contribution in [0, 0.1) is 11.8 Å². The van der Waals surface area contributed by atoms with Crippen LogP contribution < -0.4 is 0 Å². The number of carbonyl (C=O) groups is 2. The Kier molecular flexibility index (Phi) is 33.5. The smallest absolute Gasteiger partial charge is 0.450 e. The lowest BCUT2D eigenvalue weighted by Gasteiger charge is -2.04. The van der Waals surface area contributed by atoms with Crippen molar-refractivity contribution in [3.05, 3.63) is 0 Å². The largest absolute Gasteiger partial charge is 0.503 e. The first-order valence-electron chi connectivity index (χ1n) is 8.92. The fourth-order valence-corrected chi connectivity index (χ4v) is 1.51. The highest BCUT2D eigenvalue weighted by molar-refractivity contribution is 5.53. The van der Waals surface area contributed by atoms with Gasteiger partial charge in [0.2, 0.25) is 0 Å². The minimum atomic E-state index is -1.83. The van der Waals surface area contributed by atoms with Gasteiger partial charge in [-0.1, -0.05) is 92.9 Å². The minimum absolute atomic E-state index is 0.954. The van der Waals surface area contributed by atoms with Crippen LogP contribution in [0.1, 0.15) is 92.9 Å². The van der Waals surface area contributed by atoms with Gasteiger partial charge in [-0.05, 0) is 11.8 Å². The van der Waals surface area contributed by atoms with E-state index in [0.29, 0.717) is 0 Å². The van der Waals surface area contributed by atoms with E-state index in [1.165, 1.54) is 51.4 Å². The van der Waals surface area contributed by atoms with Crippen LogP contribution in [0.25, 0.3) is 0 Å². The van der Waals surface area contributed by atoms with Gasteiger partial charge in [-0.2, -0.15) is 0 Å². The van der Waals surface area contributed by atoms with E-state index in [2.05, 4.69) is 41.5 Å². The summed E-state index contributed by atoms with van der Waals surface area (Å²) in [5, 5.41) is 27.9. The summed E-state index contributed by atoms with van der Waals surface area (Å²) in [5.41, 5.74) is 0. The quantitative estimate of drug-likeness (QED) is 0.378. The first kappa shape index (κ1) is 30.4. The average molecular weight is 353 g/mol. The highest BCUT2D eigenvalue weighted by atomic mass is 16.6. The van der Waals surface area contributed by atoms with Crippen LogP contribution in [0.4, 0.5) is 9.59 Å². The van der Waals surface area contributed by atoms with Crippen LogP contribution in [-0.4, -0.2) is 32.7 Å². The SMILES string of the molecule is CCCCC(C)CC.CCCCC(C)CC.O=C(O)O.O=C(O)O. The third kappa shape index (κ3) is 70.6. The molecule has 148 valence electrons. The molecule has 0 aliphatic heterocycles. The summed E-state index contributed by atoms with van der Waals surface area (Å²) in [7, 11) is 0. The van der Waals surface area contributed by atoms with Crippen LogP contribution in [0.2, 0.25) is 0 Å². The minimum Gasteiger partial charge on any atom is -0.450 e. The molecule has 2 unspecified atom stereocenters. The van der Waals surface area contributed by atoms with E-state index >= 15 is 0 Å². The number of unbranched alkanes of at least 4 members (excludes halogenated alkanes) is 2. The van der Waals surface area contributed by atoms with E-state index in [-0.39, 0.29) is 0 Å². The normalized spacial score (nSPS) is 11.2. The van der Waals surface area contributed by atoms with Gasteiger partial charge in [0.25, 0.3) is 0 Å². The molecular weight excluding hydrogens is 312 g/mol. The second kappa shape index (κ2) is 26.4. The number of hydrogen-bond donors (Lipinski definition) is 4. The molecule has 0 spiro atoms. The highest BCUT2D eigenvalue weighted by Gasteiger charge is 1.95. The zero-order valence-corrected chi connectivity index (χ0v) is 16.4. The van der Waals surface area contributed by atoms with Crippen molar-refractivity contribution in [3.63, 3.8) is 0 Å². The van der Waals surface area contributed by atoms with Gasteiger partial charge in [-0.3, -0.25) is 0 Å². The summed E-state index contributed by atoms with van der Waals surface area (Å²) in [5.74, 6) is 1.91. The lowest BCUT2D eigenvalue weighted by Crippen LogP contribution is -1.89. The maximum Gasteiger partial charge on any atom is 0.503 e. The Morgan fingerprint density at radius 1 is 0.667 bits per heavy atom. The molecule has 0 aromatic carbocycles. The Labute approximate surface area is 147 Å². The fourth-order valence-electron chi connectivity index (χ4n) is 1.51. The maximum absolute atomic E-state index is 8.56. The molecule has 0 radical (unpaired) electrons. The Balaban J connectivity index is -0.000000117. The van der Waals surface area contributed by atoms with Gasteiger partial charge in [0.1, 0.15) is 0 Å². The van der Waals surface area contributed by atoms with Crippen molar-refractivity contribution in [2.45, 2.75) is 92.9 Å². The molecule has 0 amide bonds. The van der Waals surface area contributed by atoms with Crippen molar-refractivity contribution in [2.75, 3.05) is 0 Å². The lowest BCUT2D eigenvalue weighted by atomic mass is 10.0. The second-order valence-corrected chi connectivity index (χ2v) is 5.88. The summed E-state index contributed by atoms with van der Waals surface area (Å²) >= 11 is 0. The molecule has 6 heteroatoms. The summed E-state index contributed by atoms with van der Waals surface area (Å²) in [4.78, 5) is 17.1. The Hall–Kier alpha value is -1.46. The maximum atomic E-state index is 8.56. The summed E-state index contributed by atoms with van der Waals surface area (Å²) < 4.78 is 0. The molecule has 4 N–H and O–H groups in total. The third-order valence-electron chi connectivity index (χ3n) is 3.49. The number of hydrogen-bond acceptors (Lipinski definition) is 2. The summed E-state index contributed by atoms with van der Waals surface area (Å²) in [6.45, 7) is 13.7. The lowest BCUT2D eigenvalue weighted by molar-refractivity contribution is 0.135. The van der Waals surface area contributed by atoms with E-state index in [1.807, 2.05) is 0 Å². The molecule has 0 rings (SSSR count). The molecule has 0 aromatic rings. The monoisotopic (exact) mass is 352 g/mol. The topological polar surface area (TPSA) is 115 Å². The molecule has 0 bridgehead atoms. The van der Waals surface area contributed by atoms with E-state index in [1.54, 1.807) is 0 Å². The molecular formula is C18H40O6. The average Bonchev–Trinajstić information content (AvgIpc) is 2.49. The van der Waals surface area contributed by atoms with E-state index in [9.17, 15) is 0 Å². The molecule has 0 fully saturated rings. The highest BCUT2D eigenvalue weighted by Crippen LogP contribution is 2.10. The molecule has 0 heterocycles. The molecule has 6 nitrogen and oxygen atoms in total. The van der Waals surface area contributed by atoms with Gasteiger partial charge in [0, 0.05) is 0 Å². The predicted octanol–water partition coefficient (Wildman–Crippen LogP) is 6.89. The second-order valence-electron chi connectivity index (χ2n) is 5.88. The van der Waals surface area contributed by atoms with Crippen LogP contribution in [0.15, 0.2) is 0 Å². The molecule has 0 aromatic heterocycles. The summed E-state index contributed by atoms with van der Waals surface area (Å²) in [6.07, 6.45) is 7.40. The standard InChI is InChI=1S/2C8H18.2CH2O3/c2*1-4-6-7-8(3)5-2;2*2-1(3)4/h2*8H,4-7H2,1-3H3;2*(H2,2,3,4). The van der Waals surface area contributed by atoms with Crippen LogP contribution in [0.3, 0.4) is 0 Å². The number of rotatable bonds is 8. The van der Waals surface area contributed by atoms with Crippen LogP contribution in [0.5, 0.6) is 0 Å². The van der Waals surface area contributed by atoms with Crippen molar-refractivity contribution < 1.29 is 30.0 Å². The first-order valence-corrected chi connectivity index (χ1v) is 8.92. The van der Waals surface area contributed by atoms with Crippen molar-refractivity contribution in [3.8, 4) is 0 Å². The molecule has 2 atom stereocenters. The molecule has 0 saturated heterocycles. The van der Waals surface area contributed by atoms with Crippen LogP contribution in [-0.2, 0) is 0 Å². The molecule has 0 aliphatic rings. The van der Waals surface area contributed by atoms with Gasteiger partial charge >= 0.3 is 12.3 Å².